The van der Waals surface area contributed by atoms with E-state index in [4.69, 9.17) is 18.0 Å². The molecule has 1 aliphatic rings. The molecule has 0 aromatic carbocycles. The van der Waals surface area contributed by atoms with E-state index in [1.54, 1.807) is 0 Å². The molecule has 0 spiro atoms. The standard InChI is InChI=1S/C5H8N2OS.ClH/c6-5(8)4-3(9)1-2-7-4;/h4,7H,1-2H2,(H2,6,8);1H/t4-;/m0./s1. The zero-order chi connectivity index (χ0) is 6.85. The van der Waals surface area contributed by atoms with Gasteiger partial charge in [-0.05, 0) is 6.42 Å². The van der Waals surface area contributed by atoms with Crippen LogP contribution in [0.2, 0.25) is 0 Å². The average molecular weight is 181 g/mol. The number of primary amides is 1. The van der Waals surface area contributed by atoms with Crippen molar-refractivity contribution < 1.29 is 4.79 Å². The fourth-order valence-corrected chi connectivity index (χ4v) is 1.16. The SMILES string of the molecule is Cl.NC(=O)[C@H]1NCCC1=S. The molecule has 3 N–H and O–H groups in total. The minimum atomic E-state index is -0.363. The van der Waals surface area contributed by atoms with Gasteiger partial charge in [-0.1, -0.05) is 12.2 Å². The number of nitrogens with two attached hydrogens (primary N) is 1. The van der Waals surface area contributed by atoms with Crippen molar-refractivity contribution >= 4 is 35.4 Å². The molecule has 5 heteroatoms. The largest absolute Gasteiger partial charge is 0.368 e. The Morgan fingerprint density at radius 2 is 2.40 bits per heavy atom. The van der Waals surface area contributed by atoms with Gasteiger partial charge in [-0.15, -0.1) is 12.4 Å². The maximum absolute atomic E-state index is 10.5. The Morgan fingerprint density at radius 1 is 1.80 bits per heavy atom. The Hall–Kier alpha value is -0.190. The number of nitrogens with one attached hydrogen (secondary N) is 1. The van der Waals surface area contributed by atoms with Crippen LogP contribution in [0.15, 0.2) is 0 Å². The number of amides is 1. The molecule has 1 fully saturated rings. The van der Waals surface area contributed by atoms with E-state index >= 15 is 0 Å². The average Bonchev–Trinajstić information content (AvgIpc) is 2.13. The first-order chi connectivity index (χ1) is 4.22. The lowest BCUT2D eigenvalue weighted by Gasteiger charge is -2.02. The lowest BCUT2D eigenvalue weighted by atomic mass is 10.2. The minimum Gasteiger partial charge on any atom is -0.368 e. The third-order valence-corrected chi connectivity index (χ3v) is 1.77. The fourth-order valence-electron chi connectivity index (χ4n) is 0.857. The Balaban J connectivity index is 0.000000810. The first-order valence-corrected chi connectivity index (χ1v) is 3.18. The van der Waals surface area contributed by atoms with Crippen molar-refractivity contribution in [3.8, 4) is 0 Å². The number of carbonyl (C=O) groups excluding carboxylic acids is 1. The molecule has 10 heavy (non-hydrogen) atoms. The Bertz CT molecular complexity index is 162. The summed E-state index contributed by atoms with van der Waals surface area (Å²) in [5, 5.41) is 2.89. The van der Waals surface area contributed by atoms with Crippen LogP contribution in [0, 0.1) is 0 Å². The van der Waals surface area contributed by atoms with Gasteiger partial charge in [-0.3, -0.25) is 4.79 Å². The second kappa shape index (κ2) is 3.85. The molecular formula is C5H9ClN2OS. The van der Waals surface area contributed by atoms with Gasteiger partial charge in [0.05, 0.1) is 0 Å². The van der Waals surface area contributed by atoms with Gasteiger partial charge in [0.2, 0.25) is 5.91 Å². The van der Waals surface area contributed by atoms with Gasteiger partial charge in [0.1, 0.15) is 6.04 Å². The third-order valence-electron chi connectivity index (χ3n) is 1.33. The smallest absolute Gasteiger partial charge is 0.239 e. The van der Waals surface area contributed by atoms with Crippen LogP contribution in [0.5, 0.6) is 0 Å². The van der Waals surface area contributed by atoms with Crippen molar-refractivity contribution in [2.24, 2.45) is 5.73 Å². The quantitative estimate of drug-likeness (QED) is 0.542. The highest BCUT2D eigenvalue weighted by Crippen LogP contribution is 2.01. The molecule has 1 atom stereocenters. The van der Waals surface area contributed by atoms with E-state index < -0.39 is 0 Å². The molecule has 1 heterocycles. The summed E-state index contributed by atoms with van der Waals surface area (Å²) < 4.78 is 0. The van der Waals surface area contributed by atoms with Gasteiger partial charge < -0.3 is 11.1 Å². The molecule has 1 saturated heterocycles. The van der Waals surface area contributed by atoms with E-state index in [0.29, 0.717) is 0 Å². The summed E-state index contributed by atoms with van der Waals surface area (Å²) in [5.74, 6) is -0.363. The highest BCUT2D eigenvalue weighted by Gasteiger charge is 2.24. The highest BCUT2D eigenvalue weighted by atomic mass is 35.5. The summed E-state index contributed by atoms with van der Waals surface area (Å²) in [4.78, 5) is 11.2. The number of halogens is 1. The summed E-state index contributed by atoms with van der Waals surface area (Å²) in [6.45, 7) is 0.784. The predicted octanol–water partition coefficient (Wildman–Crippen LogP) is -0.375. The van der Waals surface area contributed by atoms with Crippen LogP contribution < -0.4 is 11.1 Å². The van der Waals surface area contributed by atoms with Gasteiger partial charge in [0.15, 0.2) is 0 Å². The van der Waals surface area contributed by atoms with E-state index in [1.807, 2.05) is 0 Å². The Labute approximate surface area is 70.8 Å². The van der Waals surface area contributed by atoms with Gasteiger partial charge in [0.25, 0.3) is 0 Å². The van der Waals surface area contributed by atoms with Crippen LogP contribution in [0.3, 0.4) is 0 Å². The van der Waals surface area contributed by atoms with Crippen LogP contribution in [0.1, 0.15) is 6.42 Å². The van der Waals surface area contributed by atoms with Crippen molar-refractivity contribution in [1.29, 1.82) is 0 Å². The number of carbonyl (C=O) groups is 1. The number of hydrogen-bond donors (Lipinski definition) is 2. The lowest BCUT2D eigenvalue weighted by Crippen LogP contribution is -2.40. The van der Waals surface area contributed by atoms with Gasteiger partial charge in [-0.2, -0.15) is 0 Å². The minimum absolute atomic E-state index is 0. The monoisotopic (exact) mass is 180 g/mol. The van der Waals surface area contributed by atoms with Crippen LogP contribution >= 0.6 is 24.6 Å². The van der Waals surface area contributed by atoms with Crippen molar-refractivity contribution in [3.63, 3.8) is 0 Å². The van der Waals surface area contributed by atoms with E-state index in [0.717, 1.165) is 17.8 Å². The zero-order valence-electron chi connectivity index (χ0n) is 5.29. The van der Waals surface area contributed by atoms with Crippen molar-refractivity contribution in [2.45, 2.75) is 12.5 Å². The zero-order valence-corrected chi connectivity index (χ0v) is 6.93. The van der Waals surface area contributed by atoms with Crippen LogP contribution in [-0.2, 0) is 4.79 Å². The molecule has 0 aromatic rings. The van der Waals surface area contributed by atoms with Crippen molar-refractivity contribution in [3.05, 3.63) is 0 Å². The molecule has 0 aromatic heterocycles. The number of hydrogen-bond acceptors (Lipinski definition) is 3. The molecule has 3 nitrogen and oxygen atoms in total. The molecule has 1 amide bonds. The van der Waals surface area contributed by atoms with Crippen LogP contribution in [0.4, 0.5) is 0 Å². The molecule has 0 unspecified atom stereocenters. The summed E-state index contributed by atoms with van der Waals surface area (Å²) >= 11 is 4.85. The molecule has 0 bridgehead atoms. The van der Waals surface area contributed by atoms with Crippen LogP contribution in [0.25, 0.3) is 0 Å². The second-order valence-corrected chi connectivity index (χ2v) is 2.53. The van der Waals surface area contributed by atoms with Gasteiger partial charge in [0, 0.05) is 11.4 Å². The Morgan fingerprint density at radius 3 is 2.60 bits per heavy atom. The highest BCUT2D eigenvalue weighted by molar-refractivity contribution is 7.80. The topological polar surface area (TPSA) is 55.1 Å². The molecule has 1 aliphatic heterocycles. The normalized spacial score (nSPS) is 24.0. The van der Waals surface area contributed by atoms with E-state index in [1.165, 1.54) is 0 Å². The number of thiocarbonyl (C=S) groups is 1. The number of rotatable bonds is 1. The van der Waals surface area contributed by atoms with E-state index in [2.05, 4.69) is 5.32 Å². The molecule has 0 radical (unpaired) electrons. The van der Waals surface area contributed by atoms with E-state index in [9.17, 15) is 4.79 Å². The molecule has 0 saturated carbocycles. The first kappa shape index (κ1) is 9.81. The lowest BCUT2D eigenvalue weighted by molar-refractivity contribution is -0.118. The molecular weight excluding hydrogens is 172 g/mol. The first-order valence-electron chi connectivity index (χ1n) is 2.77. The van der Waals surface area contributed by atoms with Crippen molar-refractivity contribution in [1.82, 2.24) is 5.32 Å². The van der Waals surface area contributed by atoms with Gasteiger partial charge in [-0.25, -0.2) is 0 Å². The molecule has 1 rings (SSSR count). The molecule has 0 aliphatic carbocycles. The van der Waals surface area contributed by atoms with E-state index in [-0.39, 0.29) is 24.4 Å². The Kier molecular flexibility index (Phi) is 3.78. The maximum atomic E-state index is 10.5. The third kappa shape index (κ3) is 1.90. The summed E-state index contributed by atoms with van der Waals surface area (Å²) in [6.07, 6.45) is 0.795. The summed E-state index contributed by atoms with van der Waals surface area (Å²) in [7, 11) is 0. The van der Waals surface area contributed by atoms with Gasteiger partial charge >= 0.3 is 0 Å². The van der Waals surface area contributed by atoms with Crippen molar-refractivity contribution in [2.75, 3.05) is 6.54 Å². The van der Waals surface area contributed by atoms with Crippen LogP contribution in [-0.4, -0.2) is 23.4 Å². The molecule has 58 valence electrons. The fraction of sp³-hybridized carbons (Fsp3) is 0.600. The summed E-state index contributed by atoms with van der Waals surface area (Å²) in [5.41, 5.74) is 5.00. The predicted molar refractivity (Wildman–Crippen MR) is 45.4 cm³/mol. The maximum Gasteiger partial charge on any atom is 0.239 e. The summed E-state index contributed by atoms with van der Waals surface area (Å²) in [6, 6.07) is -0.347. The second-order valence-electron chi connectivity index (χ2n) is 2.01.